The van der Waals surface area contributed by atoms with E-state index < -0.39 is 32.4 Å². The third-order valence-electron chi connectivity index (χ3n) is 5.61. The molecule has 0 aliphatic carbocycles. The van der Waals surface area contributed by atoms with E-state index in [-0.39, 0.29) is 28.0 Å². The van der Waals surface area contributed by atoms with Crippen molar-refractivity contribution in [1.82, 2.24) is 9.55 Å². The second-order valence-corrected chi connectivity index (χ2v) is 11.6. The zero-order chi connectivity index (χ0) is 26.5. The summed E-state index contributed by atoms with van der Waals surface area (Å²) in [6, 6.07) is 15.7. The molecule has 1 amide bonds. The molecule has 0 atom stereocenters. The van der Waals surface area contributed by atoms with Crippen molar-refractivity contribution in [2.45, 2.75) is 31.7 Å². The number of benzene rings is 2. The second-order valence-electron chi connectivity index (χ2n) is 9.15. The maximum atomic E-state index is 13.4. The molecule has 4 aromatic rings. The molecule has 0 saturated heterocycles. The van der Waals surface area contributed by atoms with E-state index in [1.165, 1.54) is 12.1 Å². The average molecular weight is 517 g/mol. The number of aromatic nitrogens is 2. The molecule has 3 N–H and O–H groups in total. The van der Waals surface area contributed by atoms with Crippen LogP contribution in [0.5, 0.6) is 0 Å². The number of nitrogens with one attached hydrogen (secondary N) is 1. The van der Waals surface area contributed by atoms with Crippen LogP contribution in [-0.4, -0.2) is 28.6 Å². The molecule has 11 heteroatoms. The second kappa shape index (κ2) is 8.66. The Bertz CT molecular complexity index is 1550. The quantitative estimate of drug-likeness (QED) is 0.373. The molecule has 0 saturated carbocycles. The Morgan fingerprint density at radius 2 is 1.61 bits per heavy atom. The van der Waals surface area contributed by atoms with Crippen molar-refractivity contribution in [2.24, 2.45) is 5.73 Å². The molecule has 7 nitrogen and oxygen atoms in total. The minimum absolute atomic E-state index is 0.0475. The number of sulfonamides is 1. The van der Waals surface area contributed by atoms with Gasteiger partial charge in [0, 0.05) is 23.0 Å². The summed E-state index contributed by atoms with van der Waals surface area (Å²) in [4.78, 5) is 16.6. The van der Waals surface area contributed by atoms with Crippen molar-refractivity contribution >= 4 is 32.7 Å². The van der Waals surface area contributed by atoms with E-state index in [4.69, 9.17) is 5.73 Å². The smallest absolute Gasteiger partial charge is 0.366 e. The monoisotopic (exact) mass is 516 g/mol. The van der Waals surface area contributed by atoms with E-state index in [0.29, 0.717) is 17.4 Å². The summed E-state index contributed by atoms with van der Waals surface area (Å²) in [5.74, 6) is -0.927. The van der Waals surface area contributed by atoms with Gasteiger partial charge >= 0.3 is 6.18 Å². The highest BCUT2D eigenvalue weighted by molar-refractivity contribution is 7.94. The largest absolute Gasteiger partial charge is 0.417 e. The van der Waals surface area contributed by atoms with Crippen LogP contribution in [0.25, 0.3) is 28.0 Å². The maximum Gasteiger partial charge on any atom is 0.417 e. The lowest BCUT2D eigenvalue weighted by atomic mass is 10.0. The van der Waals surface area contributed by atoms with Gasteiger partial charge in [-0.2, -0.15) is 13.2 Å². The first-order valence-electron chi connectivity index (χ1n) is 10.8. The van der Waals surface area contributed by atoms with E-state index >= 15 is 0 Å². The first kappa shape index (κ1) is 25.2. The third-order valence-corrected chi connectivity index (χ3v) is 7.73. The number of carbonyl (C=O) groups excluding carboxylic acids is 1. The Morgan fingerprint density at radius 1 is 1.00 bits per heavy atom. The number of hydrogen-bond acceptors (Lipinski definition) is 4. The van der Waals surface area contributed by atoms with E-state index in [0.717, 1.165) is 6.07 Å². The summed E-state index contributed by atoms with van der Waals surface area (Å²) in [7, 11) is -3.69. The number of nitrogens with zero attached hydrogens (tertiary/aromatic N) is 2. The zero-order valence-electron chi connectivity index (χ0n) is 19.6. The summed E-state index contributed by atoms with van der Waals surface area (Å²) in [5, 5.41) is -0.0475. The van der Waals surface area contributed by atoms with Gasteiger partial charge in [0.1, 0.15) is 5.65 Å². The van der Waals surface area contributed by atoms with Crippen LogP contribution < -0.4 is 10.5 Å². The molecule has 188 valence electrons. The molecular formula is C25H23F3N4O3S. The van der Waals surface area contributed by atoms with Crippen molar-refractivity contribution in [3.63, 3.8) is 0 Å². The van der Waals surface area contributed by atoms with Crippen LogP contribution in [0, 0.1) is 0 Å². The van der Waals surface area contributed by atoms with E-state index in [1.807, 2.05) is 0 Å². The summed E-state index contributed by atoms with van der Waals surface area (Å²) >= 11 is 0. The molecule has 0 fully saturated rings. The van der Waals surface area contributed by atoms with Crippen molar-refractivity contribution < 1.29 is 26.4 Å². The minimum atomic E-state index is -4.67. The van der Waals surface area contributed by atoms with Gasteiger partial charge in [0.25, 0.3) is 5.91 Å². The highest BCUT2D eigenvalue weighted by Gasteiger charge is 2.33. The van der Waals surface area contributed by atoms with Crippen LogP contribution in [0.3, 0.4) is 0 Å². The van der Waals surface area contributed by atoms with Gasteiger partial charge in [0.2, 0.25) is 10.0 Å². The molecular weight excluding hydrogens is 493 g/mol. The molecule has 0 spiro atoms. The first-order chi connectivity index (χ1) is 16.7. The Kier molecular flexibility index (Phi) is 6.07. The molecule has 0 radical (unpaired) electrons. The topological polar surface area (TPSA) is 107 Å². The Morgan fingerprint density at radius 3 is 2.14 bits per heavy atom. The van der Waals surface area contributed by atoms with E-state index in [9.17, 15) is 26.4 Å². The molecule has 0 aliphatic rings. The Labute approximate surface area is 205 Å². The molecule has 4 rings (SSSR count). The summed E-state index contributed by atoms with van der Waals surface area (Å²) in [6.07, 6.45) is -3.96. The standard InChI is InChI=1S/C25H23F3N4O3S/c1-24(2,3)36(34,35)31-17-11-9-15(10-12-17)21-20(22(29)33)19-13-16(25(26,27)28)14-30-23(19)32(21)18-7-5-4-6-8-18/h4-14,31H,1-3H3,(H2,29,33). The number of amides is 1. The van der Waals surface area contributed by atoms with Crippen molar-refractivity contribution in [3.8, 4) is 16.9 Å². The van der Waals surface area contributed by atoms with Crippen molar-refractivity contribution in [1.29, 1.82) is 0 Å². The SMILES string of the molecule is CC(C)(C)S(=O)(=O)Nc1ccc(-c2c(C(N)=O)c3cc(C(F)(F)F)cnc3n2-c2ccccc2)cc1. The van der Waals surface area contributed by atoms with E-state index in [2.05, 4.69) is 9.71 Å². The van der Waals surface area contributed by atoms with Gasteiger partial charge in [0.15, 0.2) is 0 Å². The highest BCUT2D eigenvalue weighted by Crippen LogP contribution is 2.39. The Hall–Kier alpha value is -3.86. The predicted molar refractivity (Wildman–Crippen MR) is 132 cm³/mol. The molecule has 36 heavy (non-hydrogen) atoms. The van der Waals surface area contributed by atoms with Crippen LogP contribution in [0.4, 0.5) is 18.9 Å². The fourth-order valence-electron chi connectivity index (χ4n) is 3.68. The summed E-state index contributed by atoms with van der Waals surface area (Å²) in [6.45, 7) is 4.68. The first-order valence-corrected chi connectivity index (χ1v) is 12.3. The number of hydrogen-bond donors (Lipinski definition) is 2. The van der Waals surface area contributed by atoms with Crippen molar-refractivity contribution in [2.75, 3.05) is 4.72 Å². The molecule has 0 unspecified atom stereocenters. The fourth-order valence-corrected chi connectivity index (χ4v) is 4.43. The lowest BCUT2D eigenvalue weighted by Gasteiger charge is -2.20. The number of rotatable bonds is 5. The number of nitrogens with two attached hydrogens (primary N) is 1. The van der Waals surface area contributed by atoms with Gasteiger partial charge in [-0.1, -0.05) is 30.3 Å². The number of carbonyl (C=O) groups is 1. The summed E-state index contributed by atoms with van der Waals surface area (Å²) in [5.41, 5.74) is 6.16. The number of halogens is 3. The maximum absolute atomic E-state index is 13.4. The zero-order valence-corrected chi connectivity index (χ0v) is 20.4. The normalized spacial score (nSPS) is 12.6. The molecule has 2 heterocycles. The van der Waals surface area contributed by atoms with Crippen LogP contribution in [0.2, 0.25) is 0 Å². The average Bonchev–Trinajstić information content (AvgIpc) is 3.13. The van der Waals surface area contributed by atoms with Gasteiger partial charge in [-0.25, -0.2) is 13.4 Å². The summed E-state index contributed by atoms with van der Waals surface area (Å²) < 4.78 is 68.4. The van der Waals surface area contributed by atoms with Gasteiger partial charge < -0.3 is 5.73 Å². The van der Waals surface area contributed by atoms with Crippen molar-refractivity contribution in [3.05, 3.63) is 78.0 Å². The van der Waals surface area contributed by atoms with Gasteiger partial charge in [-0.3, -0.25) is 14.1 Å². The number of fused-ring (bicyclic) bond motifs is 1. The number of anilines is 1. The van der Waals surface area contributed by atoms with Gasteiger partial charge in [-0.15, -0.1) is 0 Å². The number of para-hydroxylation sites is 1. The molecule has 2 aromatic carbocycles. The van der Waals surface area contributed by atoms with Crippen LogP contribution >= 0.6 is 0 Å². The lowest BCUT2D eigenvalue weighted by molar-refractivity contribution is -0.137. The molecule has 0 aliphatic heterocycles. The van der Waals surface area contributed by atoms with Crippen LogP contribution in [0.1, 0.15) is 36.7 Å². The number of alkyl halides is 3. The number of pyridine rings is 1. The fraction of sp³-hybridized carbons (Fsp3) is 0.200. The van der Waals surface area contributed by atoms with E-state index in [1.54, 1.807) is 67.8 Å². The van der Waals surface area contributed by atoms with Crippen LogP contribution in [-0.2, 0) is 16.2 Å². The number of primary amides is 1. The highest BCUT2D eigenvalue weighted by atomic mass is 32.2. The Balaban J connectivity index is 1.97. The van der Waals surface area contributed by atoms with Crippen LogP contribution in [0.15, 0.2) is 66.9 Å². The minimum Gasteiger partial charge on any atom is -0.366 e. The predicted octanol–water partition coefficient (Wildman–Crippen LogP) is 5.35. The molecule has 2 aromatic heterocycles. The lowest BCUT2D eigenvalue weighted by Crippen LogP contribution is -2.33. The van der Waals surface area contributed by atoms with Gasteiger partial charge in [-0.05, 0) is 56.7 Å². The third kappa shape index (κ3) is 4.53. The molecule has 0 bridgehead atoms. The van der Waals surface area contributed by atoms with Gasteiger partial charge in [0.05, 0.1) is 21.6 Å².